The molecule has 0 spiro atoms. The van der Waals surface area contributed by atoms with Gasteiger partial charge in [0.2, 0.25) is 0 Å². The fourth-order valence-corrected chi connectivity index (χ4v) is 3.92. The largest absolute Gasteiger partial charge is 0.463 e. The van der Waals surface area contributed by atoms with Crippen molar-refractivity contribution in [1.29, 1.82) is 0 Å². The molecule has 1 rings (SSSR count). The number of esters is 2. The van der Waals surface area contributed by atoms with E-state index in [0.717, 1.165) is 12.8 Å². The molecule has 0 atom stereocenters. The first-order chi connectivity index (χ1) is 21.2. The van der Waals surface area contributed by atoms with Gasteiger partial charge in [0.15, 0.2) is 0 Å². The van der Waals surface area contributed by atoms with E-state index in [1.807, 2.05) is 6.07 Å². The Balaban J connectivity index is 1.68. The molecule has 248 valence electrons. The SMILES string of the molecule is CCCCCCCCCCCC(=O)OCCOCCOCCOCCOCCOCCOCCOC(=O)c1ccccc1. The minimum Gasteiger partial charge on any atom is -0.463 e. The maximum atomic E-state index is 11.8. The number of ether oxygens (including phenoxy) is 8. The van der Waals surface area contributed by atoms with Crippen LogP contribution in [0.1, 0.15) is 81.5 Å². The number of carbonyl (C=O) groups excluding carboxylic acids is 2. The second kappa shape index (κ2) is 31.3. The van der Waals surface area contributed by atoms with Gasteiger partial charge in [0.25, 0.3) is 0 Å². The van der Waals surface area contributed by atoms with Gasteiger partial charge in [0, 0.05) is 6.42 Å². The molecular weight excluding hydrogens is 556 g/mol. The van der Waals surface area contributed by atoms with Crippen LogP contribution in [0.15, 0.2) is 30.3 Å². The fraction of sp³-hybridized carbons (Fsp3) is 0.758. The highest BCUT2D eigenvalue weighted by Crippen LogP contribution is 2.10. The van der Waals surface area contributed by atoms with Gasteiger partial charge in [0.05, 0.1) is 84.8 Å². The summed E-state index contributed by atoms with van der Waals surface area (Å²) in [5, 5.41) is 0. The maximum Gasteiger partial charge on any atom is 0.338 e. The Morgan fingerprint density at radius 3 is 1.28 bits per heavy atom. The number of hydrogen-bond acceptors (Lipinski definition) is 10. The topological polar surface area (TPSA) is 108 Å². The van der Waals surface area contributed by atoms with Crippen LogP contribution in [0.3, 0.4) is 0 Å². The van der Waals surface area contributed by atoms with Gasteiger partial charge < -0.3 is 37.9 Å². The van der Waals surface area contributed by atoms with Crippen LogP contribution in [0, 0.1) is 0 Å². The van der Waals surface area contributed by atoms with E-state index in [0.29, 0.717) is 91.3 Å². The van der Waals surface area contributed by atoms with E-state index in [2.05, 4.69) is 6.92 Å². The van der Waals surface area contributed by atoms with E-state index in [-0.39, 0.29) is 25.2 Å². The summed E-state index contributed by atoms with van der Waals surface area (Å²) in [7, 11) is 0. The van der Waals surface area contributed by atoms with Crippen LogP contribution >= 0.6 is 0 Å². The molecule has 10 nitrogen and oxygen atoms in total. The maximum absolute atomic E-state index is 11.8. The molecule has 0 amide bonds. The van der Waals surface area contributed by atoms with E-state index in [1.165, 1.54) is 44.9 Å². The van der Waals surface area contributed by atoms with Gasteiger partial charge >= 0.3 is 11.9 Å². The highest BCUT2D eigenvalue weighted by Gasteiger charge is 2.05. The second-order valence-corrected chi connectivity index (χ2v) is 9.98. The Kier molecular flexibility index (Phi) is 28.4. The first-order valence-corrected chi connectivity index (χ1v) is 16.1. The zero-order valence-corrected chi connectivity index (χ0v) is 26.4. The fourth-order valence-electron chi connectivity index (χ4n) is 3.92. The van der Waals surface area contributed by atoms with Gasteiger partial charge in [-0.25, -0.2) is 4.79 Å². The molecule has 43 heavy (non-hydrogen) atoms. The Hall–Kier alpha value is -2.08. The third kappa shape index (κ3) is 27.2. The molecule has 0 unspecified atom stereocenters. The molecule has 0 N–H and O–H groups in total. The molecule has 0 radical (unpaired) electrons. The molecule has 0 heterocycles. The third-order valence-corrected chi connectivity index (χ3v) is 6.31. The van der Waals surface area contributed by atoms with Gasteiger partial charge in [-0.05, 0) is 18.6 Å². The number of carbonyl (C=O) groups is 2. The summed E-state index contributed by atoms with van der Waals surface area (Å²) in [4.78, 5) is 23.5. The lowest BCUT2D eigenvalue weighted by atomic mass is 10.1. The highest BCUT2D eigenvalue weighted by molar-refractivity contribution is 5.89. The van der Waals surface area contributed by atoms with Crippen molar-refractivity contribution in [2.24, 2.45) is 0 Å². The third-order valence-electron chi connectivity index (χ3n) is 6.31. The van der Waals surface area contributed by atoms with E-state index in [4.69, 9.17) is 37.9 Å². The van der Waals surface area contributed by atoms with Gasteiger partial charge in [-0.3, -0.25) is 4.79 Å². The molecule has 0 aromatic heterocycles. The predicted octanol–water partition coefficient (Wildman–Crippen LogP) is 5.41. The normalized spacial score (nSPS) is 11.1. The van der Waals surface area contributed by atoms with Crippen LogP contribution in [0.5, 0.6) is 0 Å². The van der Waals surface area contributed by atoms with Crippen molar-refractivity contribution in [1.82, 2.24) is 0 Å². The van der Waals surface area contributed by atoms with E-state index < -0.39 is 0 Å². The Morgan fingerprint density at radius 2 is 0.837 bits per heavy atom. The molecule has 0 saturated carbocycles. The first-order valence-electron chi connectivity index (χ1n) is 16.1. The minimum absolute atomic E-state index is 0.140. The van der Waals surface area contributed by atoms with E-state index in [1.54, 1.807) is 24.3 Å². The summed E-state index contributed by atoms with van der Waals surface area (Å²) in [6.07, 6.45) is 11.6. The van der Waals surface area contributed by atoms with Crippen LogP contribution in [-0.2, 0) is 42.7 Å². The van der Waals surface area contributed by atoms with Crippen LogP contribution in [0.25, 0.3) is 0 Å². The average Bonchev–Trinajstić information content (AvgIpc) is 3.03. The summed E-state index contributed by atoms with van der Waals surface area (Å²) in [6, 6.07) is 8.85. The summed E-state index contributed by atoms with van der Waals surface area (Å²) in [6.45, 7) is 8.06. The Bertz CT molecular complexity index is 746. The van der Waals surface area contributed by atoms with Gasteiger partial charge in [-0.2, -0.15) is 0 Å². The lowest BCUT2D eigenvalue weighted by Gasteiger charge is -2.09. The molecule has 1 aromatic rings. The van der Waals surface area contributed by atoms with E-state index in [9.17, 15) is 9.59 Å². The Labute approximate surface area is 259 Å². The van der Waals surface area contributed by atoms with Crippen LogP contribution in [0.2, 0.25) is 0 Å². The molecule has 1 aromatic carbocycles. The lowest BCUT2D eigenvalue weighted by Crippen LogP contribution is -2.15. The smallest absolute Gasteiger partial charge is 0.338 e. The van der Waals surface area contributed by atoms with Crippen molar-refractivity contribution in [3.05, 3.63) is 35.9 Å². The molecule has 0 fully saturated rings. The highest BCUT2D eigenvalue weighted by atomic mass is 16.6. The standard InChI is InChI=1S/C33H56O10/c1-2-3-4-5-6-7-8-9-13-16-32(34)42-29-27-40-25-23-38-21-19-36-17-18-37-20-22-39-24-26-41-28-30-43-33(35)31-14-11-10-12-15-31/h10-12,14-15H,2-9,13,16-30H2,1H3. The average molecular weight is 613 g/mol. The second-order valence-electron chi connectivity index (χ2n) is 9.98. The van der Waals surface area contributed by atoms with Gasteiger partial charge in [-0.15, -0.1) is 0 Å². The van der Waals surface area contributed by atoms with Crippen LogP contribution in [-0.4, -0.2) is 104 Å². The number of unbranched alkanes of at least 4 members (excludes halogenated alkanes) is 8. The molecule has 0 aliphatic rings. The van der Waals surface area contributed by atoms with Gasteiger partial charge in [0.1, 0.15) is 13.2 Å². The molecule has 0 bridgehead atoms. The molecule has 0 saturated heterocycles. The molecular formula is C33H56O10. The zero-order chi connectivity index (χ0) is 30.9. The van der Waals surface area contributed by atoms with Crippen molar-refractivity contribution in [2.75, 3.05) is 92.5 Å². The first kappa shape index (κ1) is 38.9. The Morgan fingerprint density at radius 1 is 0.465 bits per heavy atom. The zero-order valence-electron chi connectivity index (χ0n) is 26.4. The summed E-state index contributed by atoms with van der Waals surface area (Å²) in [5.74, 6) is -0.496. The minimum atomic E-state index is -0.356. The van der Waals surface area contributed by atoms with Crippen LogP contribution in [0.4, 0.5) is 0 Å². The number of rotatable bonds is 32. The molecule has 0 aliphatic heterocycles. The summed E-state index contributed by atoms with van der Waals surface area (Å²) >= 11 is 0. The van der Waals surface area contributed by atoms with Crippen molar-refractivity contribution in [2.45, 2.75) is 71.1 Å². The van der Waals surface area contributed by atoms with Crippen molar-refractivity contribution in [3.63, 3.8) is 0 Å². The molecule has 10 heteroatoms. The van der Waals surface area contributed by atoms with Crippen molar-refractivity contribution >= 4 is 11.9 Å². The number of benzene rings is 1. The van der Waals surface area contributed by atoms with Crippen molar-refractivity contribution < 1.29 is 47.5 Å². The molecule has 0 aliphatic carbocycles. The van der Waals surface area contributed by atoms with Crippen molar-refractivity contribution in [3.8, 4) is 0 Å². The van der Waals surface area contributed by atoms with Crippen LogP contribution < -0.4 is 0 Å². The number of hydrogen-bond donors (Lipinski definition) is 0. The lowest BCUT2D eigenvalue weighted by molar-refractivity contribution is -0.145. The summed E-state index contributed by atoms with van der Waals surface area (Å²) < 4.78 is 43.0. The predicted molar refractivity (Wildman–Crippen MR) is 164 cm³/mol. The van der Waals surface area contributed by atoms with E-state index >= 15 is 0 Å². The summed E-state index contributed by atoms with van der Waals surface area (Å²) in [5.41, 5.74) is 0.526. The van der Waals surface area contributed by atoms with Gasteiger partial charge in [-0.1, -0.05) is 76.5 Å². The quantitative estimate of drug-likeness (QED) is 0.0774. The monoisotopic (exact) mass is 612 g/mol.